The maximum Gasteiger partial charge on any atom is 0.573 e. The predicted octanol–water partition coefficient (Wildman–Crippen LogP) is 9.74. The van der Waals surface area contributed by atoms with Gasteiger partial charge in [-0.3, -0.25) is 4.72 Å². The largest absolute Gasteiger partial charge is 0.573 e. The van der Waals surface area contributed by atoms with E-state index in [9.17, 15) is 31.2 Å². The molecule has 20 heteroatoms. The van der Waals surface area contributed by atoms with Crippen molar-refractivity contribution in [2.45, 2.75) is 58.9 Å². The normalized spacial score (nSPS) is 12.0. The van der Waals surface area contributed by atoms with Crippen molar-refractivity contribution in [2.24, 2.45) is 0 Å². The number of ether oxygens (including phenoxy) is 7. The Morgan fingerprint density at radius 2 is 1.40 bits per heavy atom. The van der Waals surface area contributed by atoms with Crippen LogP contribution in [0, 0.1) is 0 Å². The number of nitrogens with zero attached hydrogens (tertiary/aromatic N) is 1. The van der Waals surface area contributed by atoms with Gasteiger partial charge in [0.2, 0.25) is 10.0 Å². The lowest BCUT2D eigenvalue weighted by molar-refractivity contribution is -0.274. The molecule has 65 heavy (non-hydrogen) atoms. The smallest absolute Gasteiger partial charge is 0.492 e. The standard InChI is InChI=1S/C45H52F3N5O11S/c1-43(2,3)28-21-36(41(58-7)37(22-28)53-65(8,56)57)52-42(55)51-35-13-14-38(34-12-10-9-11-33(34)35)62-30-15-16-49-39(26-30)50-29-23-31(25-32(24-29)63-45(46,47)48)61-20-19-59-17-18-60-27-40(54)64-44(4,5)6/h9-16,21-26,53H,17-20,27H2,1-8H3,(H,49,50)(H2,51,52,55). The molecule has 1 heterocycles. The molecule has 0 atom stereocenters. The number of anilines is 5. The summed E-state index contributed by atoms with van der Waals surface area (Å²) in [7, 11) is -2.32. The number of methoxy groups -OCH3 is 1. The fraction of sp³-hybridized carbons (Fsp3) is 0.356. The SMILES string of the molecule is COc1c(NC(=O)Nc2ccc(Oc3ccnc(Nc4cc(OCCOCCOCC(=O)OC(C)(C)C)cc(OC(F)(F)F)c4)c3)c3ccccc23)cc(C(C)(C)C)cc1NS(C)(=O)=O. The van der Waals surface area contributed by atoms with Gasteiger partial charge in [0.25, 0.3) is 0 Å². The third-order valence-electron chi connectivity index (χ3n) is 8.69. The van der Waals surface area contributed by atoms with E-state index in [2.05, 4.69) is 30.4 Å². The number of pyridine rings is 1. The molecule has 0 saturated heterocycles. The number of alkyl halides is 3. The Morgan fingerprint density at radius 1 is 0.738 bits per heavy atom. The van der Waals surface area contributed by atoms with Crippen LogP contribution in [0.1, 0.15) is 47.1 Å². The number of sulfonamides is 1. The van der Waals surface area contributed by atoms with Gasteiger partial charge < -0.3 is 49.1 Å². The second-order valence-electron chi connectivity index (χ2n) is 16.4. The number of nitrogens with one attached hydrogen (secondary N) is 4. The van der Waals surface area contributed by atoms with Crippen LogP contribution in [-0.2, 0) is 34.4 Å². The molecule has 0 aliphatic carbocycles. The number of rotatable bonds is 19. The summed E-state index contributed by atoms with van der Waals surface area (Å²) < 4.78 is 104. The highest BCUT2D eigenvalue weighted by Gasteiger charge is 2.31. The Bertz CT molecular complexity index is 2580. The van der Waals surface area contributed by atoms with E-state index in [4.69, 9.17) is 28.4 Å². The van der Waals surface area contributed by atoms with Crippen molar-refractivity contribution in [3.8, 4) is 28.7 Å². The van der Waals surface area contributed by atoms with Gasteiger partial charge in [-0.1, -0.05) is 45.0 Å². The number of hydrogen-bond acceptors (Lipinski definition) is 13. The first kappa shape index (κ1) is 49.5. The van der Waals surface area contributed by atoms with E-state index in [0.29, 0.717) is 28.0 Å². The molecule has 4 aromatic carbocycles. The molecular weight excluding hydrogens is 876 g/mol. The van der Waals surface area contributed by atoms with Gasteiger partial charge in [-0.2, -0.15) is 0 Å². The highest BCUT2D eigenvalue weighted by atomic mass is 32.2. The molecule has 0 spiro atoms. The van der Waals surface area contributed by atoms with E-state index in [0.717, 1.165) is 24.0 Å². The number of carbonyl (C=O) groups is 2. The average Bonchev–Trinajstić information content (AvgIpc) is 3.17. The molecule has 0 radical (unpaired) electrons. The number of aromatic nitrogens is 1. The summed E-state index contributed by atoms with van der Waals surface area (Å²) in [4.78, 5) is 29.6. The maximum absolute atomic E-state index is 13.5. The Labute approximate surface area is 375 Å². The van der Waals surface area contributed by atoms with Gasteiger partial charge in [0.15, 0.2) is 5.75 Å². The summed E-state index contributed by atoms with van der Waals surface area (Å²) in [5.41, 5.74) is 0.678. The summed E-state index contributed by atoms with van der Waals surface area (Å²) in [6.07, 6.45) is -2.51. The highest BCUT2D eigenvalue weighted by molar-refractivity contribution is 7.92. The van der Waals surface area contributed by atoms with Gasteiger partial charge in [-0.05, 0) is 62.1 Å². The lowest BCUT2D eigenvalue weighted by Crippen LogP contribution is -2.27. The zero-order valence-corrected chi connectivity index (χ0v) is 37.9. The van der Waals surface area contributed by atoms with Gasteiger partial charge in [0.1, 0.15) is 47.6 Å². The number of hydrogen-bond donors (Lipinski definition) is 4. The molecule has 0 aliphatic heterocycles. The molecule has 16 nitrogen and oxygen atoms in total. The Morgan fingerprint density at radius 3 is 2.08 bits per heavy atom. The zero-order valence-electron chi connectivity index (χ0n) is 37.1. The quantitative estimate of drug-likeness (QED) is 0.0452. The number of urea groups is 1. The van der Waals surface area contributed by atoms with E-state index >= 15 is 0 Å². The number of amides is 2. The van der Waals surface area contributed by atoms with Crippen molar-refractivity contribution in [1.29, 1.82) is 0 Å². The minimum atomic E-state index is -4.98. The summed E-state index contributed by atoms with van der Waals surface area (Å²) in [5, 5.41) is 9.86. The molecule has 0 aliphatic rings. The number of carbonyl (C=O) groups excluding carboxylic acids is 2. The zero-order chi connectivity index (χ0) is 47.6. The Kier molecular flexibility index (Phi) is 16.0. The minimum Gasteiger partial charge on any atom is -0.492 e. The van der Waals surface area contributed by atoms with Crippen LogP contribution in [0.2, 0.25) is 0 Å². The second kappa shape index (κ2) is 21.0. The summed E-state index contributed by atoms with van der Waals surface area (Å²) in [6.45, 7) is 11.1. The lowest BCUT2D eigenvalue weighted by Gasteiger charge is -2.24. The van der Waals surface area contributed by atoms with Gasteiger partial charge >= 0.3 is 18.4 Å². The fourth-order valence-electron chi connectivity index (χ4n) is 6.10. The maximum atomic E-state index is 13.5. The Hall–Kier alpha value is -6.51. The predicted molar refractivity (Wildman–Crippen MR) is 240 cm³/mol. The van der Waals surface area contributed by atoms with E-state index in [1.165, 1.54) is 25.4 Å². The number of fused-ring (bicyclic) bond motifs is 1. The summed E-state index contributed by atoms with van der Waals surface area (Å²) >= 11 is 0. The number of esters is 1. The first-order chi connectivity index (χ1) is 30.4. The molecular formula is C45H52F3N5O11S. The third-order valence-corrected chi connectivity index (χ3v) is 9.28. The summed E-state index contributed by atoms with van der Waals surface area (Å²) in [5.74, 6) is 0.0632. The third kappa shape index (κ3) is 15.9. The van der Waals surface area contributed by atoms with E-state index in [1.54, 1.807) is 75.4 Å². The van der Waals surface area contributed by atoms with E-state index < -0.39 is 45.2 Å². The molecule has 0 unspecified atom stereocenters. The van der Waals surface area contributed by atoms with Crippen LogP contribution in [0.5, 0.6) is 28.7 Å². The fourth-order valence-corrected chi connectivity index (χ4v) is 6.65. The second-order valence-corrected chi connectivity index (χ2v) is 18.2. The van der Waals surface area contributed by atoms with E-state index in [-0.39, 0.29) is 67.4 Å². The molecule has 2 amide bonds. The molecule has 1 aromatic heterocycles. The van der Waals surface area contributed by atoms with Crippen molar-refractivity contribution in [1.82, 2.24) is 4.98 Å². The van der Waals surface area contributed by atoms with Gasteiger partial charge in [-0.25, -0.2) is 23.0 Å². The Balaban J connectivity index is 1.26. The molecule has 0 fully saturated rings. The molecule has 4 N–H and O–H groups in total. The van der Waals surface area contributed by atoms with Gasteiger partial charge in [0.05, 0.1) is 50.2 Å². The number of halogens is 3. The monoisotopic (exact) mass is 927 g/mol. The van der Waals surface area contributed by atoms with Crippen molar-refractivity contribution in [3.05, 3.63) is 90.6 Å². The van der Waals surface area contributed by atoms with Crippen LogP contribution < -0.4 is 39.6 Å². The topological polar surface area (TPSA) is 194 Å². The first-order valence-corrected chi connectivity index (χ1v) is 22.0. The molecule has 5 aromatic rings. The van der Waals surface area contributed by atoms with Crippen LogP contribution in [-0.4, -0.2) is 83.8 Å². The number of benzene rings is 4. The van der Waals surface area contributed by atoms with Crippen LogP contribution in [0.15, 0.2) is 85.1 Å². The van der Waals surface area contributed by atoms with Crippen molar-refractivity contribution >= 4 is 61.4 Å². The first-order valence-electron chi connectivity index (χ1n) is 20.1. The average molecular weight is 928 g/mol. The van der Waals surface area contributed by atoms with Crippen LogP contribution in [0.25, 0.3) is 10.8 Å². The summed E-state index contributed by atoms with van der Waals surface area (Å²) in [6, 6.07) is 20.0. The molecule has 0 bridgehead atoms. The van der Waals surface area contributed by atoms with Crippen LogP contribution in [0.4, 0.5) is 46.5 Å². The molecule has 350 valence electrons. The van der Waals surface area contributed by atoms with E-state index in [1.807, 2.05) is 20.8 Å². The highest BCUT2D eigenvalue weighted by Crippen LogP contribution is 2.40. The van der Waals surface area contributed by atoms with Gasteiger partial charge in [-0.15, -0.1) is 13.2 Å². The van der Waals surface area contributed by atoms with Crippen molar-refractivity contribution in [2.75, 3.05) is 67.1 Å². The van der Waals surface area contributed by atoms with Crippen LogP contribution >= 0.6 is 0 Å². The molecule has 5 rings (SSSR count). The molecule has 0 saturated carbocycles. The van der Waals surface area contributed by atoms with Gasteiger partial charge in [0, 0.05) is 46.9 Å². The minimum absolute atomic E-state index is 0.0264. The van der Waals surface area contributed by atoms with Crippen molar-refractivity contribution < 1.29 is 64.3 Å². The lowest BCUT2D eigenvalue weighted by atomic mass is 9.86. The van der Waals surface area contributed by atoms with Crippen LogP contribution in [0.3, 0.4) is 0 Å². The van der Waals surface area contributed by atoms with Crippen molar-refractivity contribution in [3.63, 3.8) is 0 Å².